The molecule has 1 aliphatic rings. The third-order valence-corrected chi connectivity index (χ3v) is 2.33. The molecule has 1 aliphatic heterocycles. The molecule has 5 nitrogen and oxygen atoms in total. The smallest absolute Gasteiger partial charge is 0.221 e. The van der Waals surface area contributed by atoms with Crippen molar-refractivity contribution in [1.29, 1.82) is 0 Å². The van der Waals surface area contributed by atoms with Gasteiger partial charge in [0.15, 0.2) is 11.3 Å². The van der Waals surface area contributed by atoms with Crippen molar-refractivity contribution in [2.75, 3.05) is 0 Å². The molecule has 0 aliphatic carbocycles. The van der Waals surface area contributed by atoms with E-state index in [0.29, 0.717) is 16.9 Å². The summed E-state index contributed by atoms with van der Waals surface area (Å²) in [5.41, 5.74) is 1.20. The van der Waals surface area contributed by atoms with Gasteiger partial charge in [0, 0.05) is 31.6 Å². The van der Waals surface area contributed by atoms with Gasteiger partial charge >= 0.3 is 0 Å². The maximum Gasteiger partial charge on any atom is 0.221 e. The van der Waals surface area contributed by atoms with E-state index in [4.69, 9.17) is 0 Å². The summed E-state index contributed by atoms with van der Waals surface area (Å²) in [6, 6.07) is 0. The van der Waals surface area contributed by atoms with E-state index < -0.39 is 0 Å². The fraction of sp³-hybridized carbons (Fsp3) is 0.222. The number of nitrogens with zero attached hydrogens (tertiary/aromatic N) is 4. The van der Waals surface area contributed by atoms with Crippen LogP contribution < -0.4 is 0 Å². The SMILES string of the molecule is Oc1c2nccnc2c2n1CCC=N2. The molecular weight excluding hydrogens is 180 g/mol. The Kier molecular flexibility index (Phi) is 1.36. The lowest BCUT2D eigenvalue weighted by Crippen LogP contribution is -2.01. The highest BCUT2D eigenvalue weighted by Gasteiger charge is 2.18. The Morgan fingerprint density at radius 3 is 2.86 bits per heavy atom. The maximum absolute atomic E-state index is 9.82. The van der Waals surface area contributed by atoms with Crippen LogP contribution >= 0.6 is 0 Å². The molecule has 0 bridgehead atoms. The highest BCUT2D eigenvalue weighted by Crippen LogP contribution is 2.35. The second-order valence-corrected chi connectivity index (χ2v) is 3.15. The first-order valence-corrected chi connectivity index (χ1v) is 4.42. The van der Waals surface area contributed by atoms with Gasteiger partial charge in [0.25, 0.3) is 0 Å². The lowest BCUT2D eigenvalue weighted by atomic mass is 10.4. The molecule has 14 heavy (non-hydrogen) atoms. The van der Waals surface area contributed by atoms with Gasteiger partial charge in [0.05, 0.1) is 0 Å². The van der Waals surface area contributed by atoms with Gasteiger partial charge in [-0.15, -0.1) is 0 Å². The van der Waals surface area contributed by atoms with Crippen molar-refractivity contribution < 1.29 is 5.11 Å². The molecule has 0 fully saturated rings. The molecule has 0 spiro atoms. The van der Waals surface area contributed by atoms with Crippen LogP contribution in [0.2, 0.25) is 0 Å². The highest BCUT2D eigenvalue weighted by atomic mass is 16.3. The van der Waals surface area contributed by atoms with Crippen LogP contribution in [0, 0.1) is 0 Å². The van der Waals surface area contributed by atoms with Crippen LogP contribution in [0.5, 0.6) is 5.88 Å². The summed E-state index contributed by atoms with van der Waals surface area (Å²) in [5, 5.41) is 9.82. The van der Waals surface area contributed by atoms with E-state index in [1.807, 2.05) is 6.21 Å². The van der Waals surface area contributed by atoms with Crippen molar-refractivity contribution in [3.63, 3.8) is 0 Å². The standard InChI is InChI=1S/C9H8N4O/c14-9-7-6(10-3-4-11-7)8-12-2-1-5-13(8)9/h2-4,14H,1,5H2. The van der Waals surface area contributed by atoms with Crippen molar-refractivity contribution >= 4 is 23.1 Å². The Morgan fingerprint density at radius 2 is 2.00 bits per heavy atom. The minimum absolute atomic E-state index is 0.167. The molecular formula is C9H8N4O. The Hall–Kier alpha value is -1.91. The van der Waals surface area contributed by atoms with Gasteiger partial charge in [0.1, 0.15) is 5.52 Å². The summed E-state index contributed by atoms with van der Waals surface area (Å²) in [7, 11) is 0. The second-order valence-electron chi connectivity index (χ2n) is 3.15. The topological polar surface area (TPSA) is 63.3 Å². The van der Waals surface area contributed by atoms with E-state index in [1.54, 1.807) is 17.0 Å². The van der Waals surface area contributed by atoms with E-state index in [1.165, 1.54) is 0 Å². The van der Waals surface area contributed by atoms with Crippen LogP contribution in [-0.4, -0.2) is 25.9 Å². The number of rotatable bonds is 0. The molecule has 2 aromatic heterocycles. The molecule has 0 aromatic carbocycles. The number of hydrogen-bond donors (Lipinski definition) is 1. The minimum atomic E-state index is 0.167. The first-order chi connectivity index (χ1) is 6.88. The van der Waals surface area contributed by atoms with Crippen LogP contribution in [0.1, 0.15) is 6.42 Å². The van der Waals surface area contributed by atoms with Crippen LogP contribution in [0.4, 0.5) is 5.82 Å². The van der Waals surface area contributed by atoms with E-state index in [9.17, 15) is 5.11 Å². The van der Waals surface area contributed by atoms with Crippen molar-refractivity contribution in [2.45, 2.75) is 13.0 Å². The summed E-state index contributed by atoms with van der Waals surface area (Å²) in [5.74, 6) is 0.872. The largest absolute Gasteiger partial charge is 0.493 e. The van der Waals surface area contributed by atoms with Gasteiger partial charge in [-0.2, -0.15) is 0 Å². The Morgan fingerprint density at radius 1 is 1.21 bits per heavy atom. The molecule has 0 atom stereocenters. The molecule has 2 aromatic rings. The van der Waals surface area contributed by atoms with E-state index >= 15 is 0 Å². The quantitative estimate of drug-likeness (QED) is 0.676. The zero-order valence-corrected chi connectivity index (χ0v) is 7.38. The van der Waals surface area contributed by atoms with Gasteiger partial charge in [-0.25, -0.2) is 15.0 Å². The Bertz CT molecular complexity index is 529. The van der Waals surface area contributed by atoms with Crippen LogP contribution in [0.15, 0.2) is 17.4 Å². The second kappa shape index (κ2) is 2.54. The summed E-state index contributed by atoms with van der Waals surface area (Å²) in [6.45, 7) is 0.739. The van der Waals surface area contributed by atoms with Gasteiger partial charge in [0.2, 0.25) is 5.88 Å². The van der Waals surface area contributed by atoms with Crippen molar-refractivity contribution in [1.82, 2.24) is 14.5 Å². The first kappa shape index (κ1) is 7.49. The molecule has 0 amide bonds. The highest BCUT2D eigenvalue weighted by molar-refractivity contribution is 5.92. The molecule has 1 N–H and O–H groups in total. The number of fused-ring (bicyclic) bond motifs is 3. The first-order valence-electron chi connectivity index (χ1n) is 4.42. The number of aliphatic imine (C=N–C) groups is 1. The average Bonchev–Trinajstić information content (AvgIpc) is 2.55. The van der Waals surface area contributed by atoms with Gasteiger partial charge in [-0.3, -0.25) is 4.57 Å². The molecule has 3 rings (SSSR count). The Balaban J connectivity index is 2.48. The average molecular weight is 188 g/mol. The molecule has 5 heteroatoms. The van der Waals surface area contributed by atoms with E-state index in [-0.39, 0.29) is 5.88 Å². The zero-order chi connectivity index (χ0) is 9.54. The fourth-order valence-electron chi connectivity index (χ4n) is 1.70. The van der Waals surface area contributed by atoms with Gasteiger partial charge in [-0.05, 0) is 0 Å². The normalized spacial score (nSPS) is 14.6. The van der Waals surface area contributed by atoms with Crippen molar-refractivity contribution in [2.24, 2.45) is 4.99 Å². The van der Waals surface area contributed by atoms with Gasteiger partial charge in [-0.1, -0.05) is 0 Å². The molecule has 0 saturated heterocycles. The number of aromatic nitrogens is 3. The third kappa shape index (κ3) is 0.810. The zero-order valence-electron chi connectivity index (χ0n) is 7.38. The summed E-state index contributed by atoms with van der Waals surface area (Å²) >= 11 is 0. The fourth-order valence-corrected chi connectivity index (χ4v) is 1.70. The lowest BCUT2D eigenvalue weighted by Gasteiger charge is -2.08. The van der Waals surface area contributed by atoms with Gasteiger partial charge < -0.3 is 5.11 Å². The third-order valence-electron chi connectivity index (χ3n) is 2.33. The molecule has 70 valence electrons. The predicted octanol–water partition coefficient (Wildman–Crippen LogP) is 1.24. The summed E-state index contributed by atoms with van der Waals surface area (Å²) in [6.07, 6.45) is 5.84. The summed E-state index contributed by atoms with van der Waals surface area (Å²) < 4.78 is 1.74. The Labute approximate surface area is 79.8 Å². The van der Waals surface area contributed by atoms with Crippen LogP contribution in [-0.2, 0) is 6.54 Å². The molecule has 0 radical (unpaired) electrons. The van der Waals surface area contributed by atoms with Crippen molar-refractivity contribution in [3.8, 4) is 5.88 Å². The molecule has 0 saturated carbocycles. The number of hydrogen-bond acceptors (Lipinski definition) is 4. The monoisotopic (exact) mass is 188 g/mol. The maximum atomic E-state index is 9.82. The molecule has 0 unspecified atom stereocenters. The van der Waals surface area contributed by atoms with Crippen LogP contribution in [0.25, 0.3) is 11.0 Å². The minimum Gasteiger partial charge on any atom is -0.493 e. The van der Waals surface area contributed by atoms with Crippen molar-refractivity contribution in [3.05, 3.63) is 12.4 Å². The number of aromatic hydroxyl groups is 1. The predicted molar refractivity (Wildman–Crippen MR) is 52.0 cm³/mol. The van der Waals surface area contributed by atoms with E-state index in [0.717, 1.165) is 13.0 Å². The van der Waals surface area contributed by atoms with Crippen LogP contribution in [0.3, 0.4) is 0 Å². The lowest BCUT2D eigenvalue weighted by molar-refractivity contribution is 0.423. The van der Waals surface area contributed by atoms with E-state index in [2.05, 4.69) is 15.0 Å². The molecule has 3 heterocycles. The summed E-state index contributed by atoms with van der Waals surface area (Å²) in [4.78, 5) is 12.5.